The van der Waals surface area contributed by atoms with Gasteiger partial charge in [0.25, 0.3) is 0 Å². The molecule has 0 fully saturated rings. The Morgan fingerprint density at radius 3 is 2.64 bits per heavy atom. The zero-order valence-corrected chi connectivity index (χ0v) is 15.7. The van der Waals surface area contributed by atoms with Gasteiger partial charge in [-0.3, -0.25) is 9.58 Å². The Hall–Kier alpha value is -2.66. The molecular weight excluding hydrogens is 395 g/mol. The highest BCUT2D eigenvalue weighted by atomic mass is 32.1. The Morgan fingerprint density at radius 2 is 2.07 bits per heavy atom. The minimum atomic E-state index is -5.08. The first-order valence-corrected chi connectivity index (χ1v) is 9.20. The molecule has 1 aliphatic heterocycles. The van der Waals surface area contributed by atoms with E-state index in [0.717, 1.165) is 32.0 Å². The maximum absolute atomic E-state index is 10.6. The lowest BCUT2D eigenvalue weighted by molar-refractivity contribution is -0.192. The van der Waals surface area contributed by atoms with E-state index in [1.807, 2.05) is 24.1 Å². The Balaban J connectivity index is 0.000000279. The van der Waals surface area contributed by atoms with Crippen molar-refractivity contribution in [3.8, 4) is 10.6 Å². The van der Waals surface area contributed by atoms with E-state index in [4.69, 9.17) is 9.90 Å². The number of rotatable bonds is 3. The summed E-state index contributed by atoms with van der Waals surface area (Å²) in [4.78, 5) is 17.2. The summed E-state index contributed by atoms with van der Waals surface area (Å²) in [7, 11) is 1.96. The minimum Gasteiger partial charge on any atom is -0.475 e. The van der Waals surface area contributed by atoms with Crippen LogP contribution in [0, 0.1) is 0 Å². The largest absolute Gasteiger partial charge is 0.490 e. The summed E-state index contributed by atoms with van der Waals surface area (Å²) in [5, 5.41) is 13.5. The number of alkyl halides is 3. The summed E-state index contributed by atoms with van der Waals surface area (Å²) in [5.41, 5.74) is 2.51. The molecule has 0 radical (unpaired) electrons. The maximum atomic E-state index is 10.6. The lowest BCUT2D eigenvalue weighted by atomic mass is 10.2. The van der Waals surface area contributed by atoms with E-state index >= 15 is 0 Å². The van der Waals surface area contributed by atoms with Gasteiger partial charge in [0.2, 0.25) is 0 Å². The molecule has 4 heterocycles. The van der Waals surface area contributed by atoms with Gasteiger partial charge in [0, 0.05) is 38.4 Å². The summed E-state index contributed by atoms with van der Waals surface area (Å²) < 4.78 is 35.9. The molecule has 0 saturated carbocycles. The number of thiophene rings is 1. The normalized spacial score (nSPS) is 14.3. The zero-order valence-electron chi connectivity index (χ0n) is 14.9. The second kappa shape index (κ2) is 8.15. The summed E-state index contributed by atoms with van der Waals surface area (Å²) in [6.45, 7) is 3.90. The van der Waals surface area contributed by atoms with E-state index in [9.17, 15) is 13.2 Å². The number of aryl methyl sites for hydroxylation is 1. The van der Waals surface area contributed by atoms with Gasteiger partial charge in [-0.05, 0) is 11.4 Å². The maximum Gasteiger partial charge on any atom is 0.490 e. The van der Waals surface area contributed by atoms with Crippen LogP contribution in [0.25, 0.3) is 10.6 Å². The highest BCUT2D eigenvalue weighted by Gasteiger charge is 2.38. The van der Waals surface area contributed by atoms with Crippen LogP contribution >= 0.6 is 11.3 Å². The smallest absolute Gasteiger partial charge is 0.475 e. The summed E-state index contributed by atoms with van der Waals surface area (Å²) in [6, 6.07) is 4.26. The van der Waals surface area contributed by atoms with E-state index in [1.165, 1.54) is 16.1 Å². The van der Waals surface area contributed by atoms with Crippen LogP contribution in [0.1, 0.15) is 11.4 Å². The molecule has 1 aliphatic rings. The standard InChI is InChI=1S/C15H17N5S.C2HF3O2/c1-18-9-12(7-17-18)10-19-4-5-20-13(8-16-15(20)11-19)14-3-2-6-21-14;3-2(4,5)1(6)7/h2-3,6-9H,4-5,10-11H2,1H3;(H,6,7). The zero-order chi connectivity index (χ0) is 20.3. The fourth-order valence-electron chi connectivity index (χ4n) is 2.88. The van der Waals surface area contributed by atoms with Crippen LogP contribution in [0.15, 0.2) is 36.1 Å². The number of carboxylic acids is 1. The van der Waals surface area contributed by atoms with Crippen LogP contribution in [0.2, 0.25) is 0 Å². The number of hydrogen-bond donors (Lipinski definition) is 1. The molecule has 11 heteroatoms. The van der Waals surface area contributed by atoms with Crippen LogP contribution in [-0.4, -0.2) is 48.0 Å². The van der Waals surface area contributed by atoms with Gasteiger partial charge < -0.3 is 9.67 Å². The second-order valence-corrected chi connectivity index (χ2v) is 7.17. The number of aromatic nitrogens is 4. The monoisotopic (exact) mass is 413 g/mol. The third-order valence-corrected chi connectivity index (χ3v) is 5.02. The van der Waals surface area contributed by atoms with Gasteiger partial charge >= 0.3 is 12.1 Å². The number of nitrogens with zero attached hydrogens (tertiary/aromatic N) is 5. The molecule has 7 nitrogen and oxygen atoms in total. The van der Waals surface area contributed by atoms with E-state index in [-0.39, 0.29) is 0 Å². The van der Waals surface area contributed by atoms with Crippen molar-refractivity contribution in [1.82, 2.24) is 24.2 Å². The molecule has 0 spiro atoms. The molecule has 0 aliphatic carbocycles. The number of fused-ring (bicyclic) bond motifs is 1. The minimum absolute atomic E-state index is 0.903. The Morgan fingerprint density at radius 1 is 1.32 bits per heavy atom. The summed E-state index contributed by atoms with van der Waals surface area (Å²) >= 11 is 1.77. The predicted molar refractivity (Wildman–Crippen MR) is 96.6 cm³/mol. The predicted octanol–water partition coefficient (Wildman–Crippen LogP) is 2.99. The van der Waals surface area contributed by atoms with Crippen molar-refractivity contribution in [2.75, 3.05) is 6.54 Å². The fraction of sp³-hybridized carbons (Fsp3) is 0.353. The molecule has 150 valence electrons. The van der Waals surface area contributed by atoms with E-state index in [1.54, 1.807) is 11.3 Å². The van der Waals surface area contributed by atoms with E-state index in [0.29, 0.717) is 0 Å². The first-order chi connectivity index (χ1) is 13.2. The molecule has 0 amide bonds. The van der Waals surface area contributed by atoms with Crippen LogP contribution in [0.3, 0.4) is 0 Å². The third-order valence-electron chi connectivity index (χ3n) is 4.12. The van der Waals surface area contributed by atoms with Crippen LogP contribution in [-0.2, 0) is 31.5 Å². The number of hydrogen-bond acceptors (Lipinski definition) is 5. The number of halogens is 3. The number of carboxylic acid groups (broad SMARTS) is 1. The van der Waals surface area contributed by atoms with Gasteiger partial charge in [-0.25, -0.2) is 9.78 Å². The topological polar surface area (TPSA) is 76.2 Å². The summed E-state index contributed by atoms with van der Waals surface area (Å²) in [5.74, 6) is -1.60. The Labute approximate surface area is 162 Å². The molecular formula is C17H18F3N5O2S. The average Bonchev–Trinajstić information content (AvgIpc) is 3.35. The van der Waals surface area contributed by atoms with Gasteiger partial charge in [0.15, 0.2) is 0 Å². The highest BCUT2D eigenvalue weighted by Crippen LogP contribution is 2.28. The molecule has 0 saturated heterocycles. The highest BCUT2D eigenvalue weighted by molar-refractivity contribution is 7.13. The van der Waals surface area contributed by atoms with Crippen molar-refractivity contribution in [2.24, 2.45) is 7.05 Å². The van der Waals surface area contributed by atoms with Gasteiger partial charge in [-0.15, -0.1) is 11.3 Å². The molecule has 3 aromatic heterocycles. The molecule has 3 aromatic rings. The van der Waals surface area contributed by atoms with Gasteiger partial charge in [0.1, 0.15) is 5.82 Å². The van der Waals surface area contributed by atoms with Crippen molar-refractivity contribution in [3.05, 3.63) is 47.5 Å². The molecule has 0 unspecified atom stereocenters. The Kier molecular flexibility index (Phi) is 5.84. The molecule has 0 atom stereocenters. The second-order valence-electron chi connectivity index (χ2n) is 6.22. The first kappa shape index (κ1) is 20.1. The summed E-state index contributed by atoms with van der Waals surface area (Å²) in [6.07, 6.45) is 0.949. The lowest BCUT2D eigenvalue weighted by Crippen LogP contribution is -2.33. The van der Waals surface area contributed by atoms with Gasteiger partial charge in [-0.1, -0.05) is 6.07 Å². The molecule has 0 bridgehead atoms. The average molecular weight is 413 g/mol. The molecule has 28 heavy (non-hydrogen) atoms. The number of imidazole rings is 1. The quantitative estimate of drug-likeness (QED) is 0.715. The van der Waals surface area contributed by atoms with Crippen molar-refractivity contribution in [3.63, 3.8) is 0 Å². The van der Waals surface area contributed by atoms with E-state index < -0.39 is 12.1 Å². The van der Waals surface area contributed by atoms with Crippen molar-refractivity contribution >= 4 is 17.3 Å². The van der Waals surface area contributed by atoms with Gasteiger partial charge in [0.05, 0.1) is 29.5 Å². The van der Waals surface area contributed by atoms with Crippen LogP contribution in [0.4, 0.5) is 13.2 Å². The fourth-order valence-corrected chi connectivity index (χ4v) is 3.62. The lowest BCUT2D eigenvalue weighted by Gasteiger charge is -2.27. The van der Waals surface area contributed by atoms with E-state index in [2.05, 4.69) is 43.3 Å². The number of carbonyl (C=O) groups is 1. The van der Waals surface area contributed by atoms with Crippen LogP contribution in [0.5, 0.6) is 0 Å². The van der Waals surface area contributed by atoms with Crippen molar-refractivity contribution in [1.29, 1.82) is 0 Å². The molecule has 4 rings (SSSR count). The van der Waals surface area contributed by atoms with Gasteiger partial charge in [-0.2, -0.15) is 18.3 Å². The Bertz CT molecular complexity index is 933. The van der Waals surface area contributed by atoms with Crippen LogP contribution < -0.4 is 0 Å². The first-order valence-electron chi connectivity index (χ1n) is 8.32. The molecule has 0 aromatic carbocycles. The number of aliphatic carboxylic acids is 1. The SMILES string of the molecule is Cn1cc(CN2CCn3c(-c4cccs4)cnc3C2)cn1.O=C(O)C(F)(F)F. The molecule has 1 N–H and O–H groups in total. The van der Waals surface area contributed by atoms with Crippen molar-refractivity contribution in [2.45, 2.75) is 25.8 Å². The third kappa shape index (κ3) is 4.78. The van der Waals surface area contributed by atoms with Crippen molar-refractivity contribution < 1.29 is 23.1 Å².